The number of aromatic nitrogens is 2. The van der Waals surface area contributed by atoms with Crippen LogP contribution >= 0.6 is 0 Å². The number of halogens is 2. The molecule has 6 nitrogen and oxygen atoms in total. The van der Waals surface area contributed by atoms with Gasteiger partial charge >= 0.3 is 0 Å². The molecular formula is C40H54Br2N6. The normalized spacial score (nSPS) is 13.0. The monoisotopic (exact) mass is 776 g/mol. The summed E-state index contributed by atoms with van der Waals surface area (Å²) in [6.07, 6.45) is 23.9. The van der Waals surface area contributed by atoms with E-state index in [0.29, 0.717) is 0 Å². The highest BCUT2D eigenvalue weighted by atomic mass is 79.9. The van der Waals surface area contributed by atoms with E-state index in [1.165, 1.54) is 88.4 Å². The van der Waals surface area contributed by atoms with Crippen LogP contribution in [0.2, 0.25) is 0 Å². The van der Waals surface area contributed by atoms with Crippen molar-refractivity contribution in [2.75, 3.05) is 36.0 Å². The minimum Gasteiger partial charge on any atom is -1.00 e. The molecule has 258 valence electrons. The molecular weight excluding hydrogens is 724 g/mol. The van der Waals surface area contributed by atoms with E-state index in [0.717, 1.165) is 50.6 Å². The fraction of sp³-hybridized carbons (Fsp3) is 0.450. The first-order valence-electron chi connectivity index (χ1n) is 17.8. The Kier molecular flexibility index (Phi) is 19.1. The molecule has 0 bridgehead atoms. The molecule has 5 rings (SSSR count). The van der Waals surface area contributed by atoms with Crippen molar-refractivity contribution in [1.29, 1.82) is 0 Å². The summed E-state index contributed by atoms with van der Waals surface area (Å²) < 4.78 is 4.57. The molecule has 2 aromatic heterocycles. The molecule has 0 radical (unpaired) electrons. The molecule has 1 aliphatic rings. The van der Waals surface area contributed by atoms with Gasteiger partial charge in [0.15, 0.2) is 24.8 Å². The van der Waals surface area contributed by atoms with E-state index < -0.39 is 0 Å². The van der Waals surface area contributed by atoms with Crippen LogP contribution in [0.15, 0.2) is 120 Å². The van der Waals surface area contributed by atoms with E-state index >= 15 is 0 Å². The van der Waals surface area contributed by atoms with Crippen LogP contribution in [0.25, 0.3) is 0 Å². The molecule has 48 heavy (non-hydrogen) atoms. The van der Waals surface area contributed by atoms with Crippen LogP contribution in [-0.4, -0.2) is 26.2 Å². The molecule has 8 heteroatoms. The topological polar surface area (TPSA) is 39.0 Å². The van der Waals surface area contributed by atoms with Crippen molar-refractivity contribution >= 4 is 22.7 Å². The lowest BCUT2D eigenvalue weighted by atomic mass is 10.1. The Morgan fingerprint density at radius 1 is 0.500 bits per heavy atom. The molecule has 2 aromatic carbocycles. The van der Waals surface area contributed by atoms with Crippen molar-refractivity contribution in [2.24, 2.45) is 10.2 Å². The Morgan fingerprint density at radius 2 is 0.938 bits per heavy atom. The Labute approximate surface area is 310 Å². The predicted octanol–water partition coefficient (Wildman–Crippen LogP) is 3.39. The van der Waals surface area contributed by atoms with Gasteiger partial charge in [0.1, 0.15) is 13.1 Å². The summed E-state index contributed by atoms with van der Waals surface area (Å²) in [5.41, 5.74) is 4.40. The van der Waals surface area contributed by atoms with E-state index in [4.69, 9.17) is 0 Å². The second kappa shape index (κ2) is 23.3. The first kappa shape index (κ1) is 39.3. The summed E-state index contributed by atoms with van der Waals surface area (Å²) in [6.45, 7) is 6.72. The average Bonchev–Trinajstić information content (AvgIpc) is 3.41. The van der Waals surface area contributed by atoms with Gasteiger partial charge in [-0.3, -0.25) is 0 Å². The lowest BCUT2D eigenvalue weighted by molar-refractivity contribution is -0.697. The minimum absolute atomic E-state index is 0. The van der Waals surface area contributed by atoms with Gasteiger partial charge in [-0.25, -0.2) is 9.13 Å². The number of nitrogens with zero attached hydrogens (tertiary/aromatic N) is 6. The van der Waals surface area contributed by atoms with Gasteiger partial charge in [-0.15, -0.1) is 0 Å². The number of rotatable bonds is 18. The summed E-state index contributed by atoms with van der Waals surface area (Å²) >= 11 is 0. The van der Waals surface area contributed by atoms with Gasteiger partial charge in [0.25, 0.3) is 0 Å². The number of unbranched alkanes of at least 4 members (excludes halogenated alkanes) is 6. The van der Waals surface area contributed by atoms with Gasteiger partial charge in [-0.05, 0) is 87.1 Å². The molecule has 0 N–H and O–H groups in total. The van der Waals surface area contributed by atoms with Crippen LogP contribution in [0.5, 0.6) is 0 Å². The minimum atomic E-state index is 0. The molecule has 0 aliphatic carbocycles. The van der Waals surface area contributed by atoms with Gasteiger partial charge in [0.05, 0.1) is 11.4 Å². The number of aryl methyl sites for hydroxylation is 2. The second-order valence-corrected chi connectivity index (χ2v) is 12.7. The Bertz CT molecular complexity index is 1340. The van der Waals surface area contributed by atoms with E-state index in [9.17, 15) is 0 Å². The van der Waals surface area contributed by atoms with Crippen molar-refractivity contribution in [3.05, 3.63) is 110 Å². The Hall–Kier alpha value is -3.10. The first-order chi connectivity index (χ1) is 22.8. The van der Waals surface area contributed by atoms with E-state index in [-0.39, 0.29) is 34.0 Å². The van der Waals surface area contributed by atoms with Gasteiger partial charge in [0.2, 0.25) is 0 Å². The molecule has 1 aliphatic heterocycles. The highest BCUT2D eigenvalue weighted by Gasteiger charge is 2.10. The zero-order valence-electron chi connectivity index (χ0n) is 28.6. The first-order valence-corrected chi connectivity index (χ1v) is 17.8. The standard InChI is InChI=1S/C40H54N6.2BrH/c1(9-27-43-29-11-7-12-30-43)3-15-33-45(34-16-4-2-10-28-44-31-13-8-14-32-44)39-23-19-37(20-24-39)41-42-38-21-25-40(26-22-38)46-35-17-5-6-18-36-46;;/h7-8,11-14,19-26,29-32H,1-6,9-10,15-18,27-28,33-36H2;2*1H/q+2;;/p-2. The molecule has 0 unspecified atom stereocenters. The van der Waals surface area contributed by atoms with E-state index in [1.54, 1.807) is 0 Å². The highest BCUT2D eigenvalue weighted by Crippen LogP contribution is 2.26. The SMILES string of the molecule is [Br-].[Br-].c1cc[n+](CCCCCCN(CCCCCC[n+]2ccccc2)c2ccc(N=Nc3ccc(N4CCCCCC4)cc3)cc2)cc1. The molecule has 0 spiro atoms. The number of pyridine rings is 2. The van der Waals surface area contributed by atoms with Crippen molar-refractivity contribution in [1.82, 2.24) is 0 Å². The third kappa shape index (κ3) is 14.2. The fourth-order valence-electron chi connectivity index (χ4n) is 6.34. The summed E-state index contributed by atoms with van der Waals surface area (Å²) in [4.78, 5) is 5.09. The van der Waals surface area contributed by atoms with Crippen LogP contribution in [0, 0.1) is 0 Å². The molecule has 0 atom stereocenters. The van der Waals surface area contributed by atoms with Crippen LogP contribution in [0.1, 0.15) is 77.0 Å². The van der Waals surface area contributed by atoms with E-state index in [2.05, 4.69) is 139 Å². The van der Waals surface area contributed by atoms with Crippen molar-refractivity contribution in [3.63, 3.8) is 0 Å². The van der Waals surface area contributed by atoms with Crippen molar-refractivity contribution in [3.8, 4) is 0 Å². The van der Waals surface area contributed by atoms with Crippen LogP contribution < -0.4 is 52.9 Å². The third-order valence-corrected chi connectivity index (χ3v) is 9.06. The molecule has 3 heterocycles. The average molecular weight is 779 g/mol. The maximum absolute atomic E-state index is 4.56. The largest absolute Gasteiger partial charge is 1.00 e. The Morgan fingerprint density at radius 3 is 1.42 bits per heavy atom. The predicted molar refractivity (Wildman–Crippen MR) is 190 cm³/mol. The summed E-state index contributed by atoms with van der Waals surface area (Å²) in [5, 5.41) is 9.11. The van der Waals surface area contributed by atoms with E-state index in [1.807, 2.05) is 0 Å². The summed E-state index contributed by atoms with van der Waals surface area (Å²) in [7, 11) is 0. The fourth-order valence-corrected chi connectivity index (χ4v) is 6.34. The molecule has 1 fully saturated rings. The van der Waals surface area contributed by atoms with Crippen LogP contribution in [-0.2, 0) is 13.1 Å². The smallest absolute Gasteiger partial charge is 0.168 e. The zero-order chi connectivity index (χ0) is 31.5. The molecule has 4 aromatic rings. The van der Waals surface area contributed by atoms with Gasteiger partial charge < -0.3 is 43.8 Å². The number of hydrogen-bond acceptors (Lipinski definition) is 4. The van der Waals surface area contributed by atoms with Crippen LogP contribution in [0.3, 0.4) is 0 Å². The molecule has 0 amide bonds. The Balaban J connectivity index is 0.00000312. The quantitative estimate of drug-likeness (QED) is 0.0884. The number of hydrogen-bond donors (Lipinski definition) is 0. The number of benzene rings is 2. The van der Waals surface area contributed by atoms with Gasteiger partial charge in [0, 0.05) is 74.7 Å². The van der Waals surface area contributed by atoms with Gasteiger partial charge in [-0.1, -0.05) is 37.8 Å². The number of anilines is 2. The van der Waals surface area contributed by atoms with Crippen molar-refractivity contribution in [2.45, 2.75) is 90.1 Å². The number of azo groups is 1. The second-order valence-electron chi connectivity index (χ2n) is 12.7. The van der Waals surface area contributed by atoms with Crippen molar-refractivity contribution < 1.29 is 43.1 Å². The zero-order valence-corrected chi connectivity index (χ0v) is 31.7. The highest BCUT2D eigenvalue weighted by molar-refractivity contribution is 5.54. The summed E-state index contributed by atoms with van der Waals surface area (Å²) in [6, 6.07) is 29.9. The third-order valence-electron chi connectivity index (χ3n) is 9.06. The van der Waals surface area contributed by atoms with Gasteiger partial charge in [-0.2, -0.15) is 10.2 Å². The van der Waals surface area contributed by atoms with Crippen LogP contribution in [0.4, 0.5) is 22.7 Å². The lowest BCUT2D eigenvalue weighted by Gasteiger charge is -2.25. The molecule has 0 saturated carbocycles. The maximum Gasteiger partial charge on any atom is 0.168 e. The summed E-state index contributed by atoms with van der Waals surface area (Å²) in [5.74, 6) is 0. The molecule has 1 saturated heterocycles. The maximum atomic E-state index is 4.56. The lowest BCUT2D eigenvalue weighted by Crippen LogP contribution is -3.00.